The third-order valence-corrected chi connectivity index (χ3v) is 7.20. The van der Waals surface area contributed by atoms with E-state index in [1.54, 1.807) is 0 Å². The molecule has 104 valence electrons. The Hall–Kier alpha value is 0.314. The maximum atomic E-state index is 6.22. The third kappa shape index (κ3) is 8.10. The molecule has 5 heteroatoms. The van der Waals surface area contributed by atoms with E-state index in [0.29, 0.717) is 0 Å². The average molecular weight is 279 g/mol. The van der Waals surface area contributed by atoms with Gasteiger partial charge in [0.25, 0.3) is 0 Å². The van der Waals surface area contributed by atoms with Crippen LogP contribution in [0.5, 0.6) is 0 Å². The van der Waals surface area contributed by atoms with Gasteiger partial charge in [0.2, 0.25) is 0 Å². The Morgan fingerprint density at radius 2 is 1.35 bits per heavy atom. The van der Waals surface area contributed by atoms with E-state index in [1.807, 2.05) is 6.92 Å². The maximum absolute atomic E-state index is 6.22. The Labute approximate surface area is 109 Å². The molecule has 0 rings (SSSR count). The molecule has 0 aromatic rings. The Balaban J connectivity index is 4.47. The zero-order valence-corrected chi connectivity index (χ0v) is 14.8. The van der Waals surface area contributed by atoms with Gasteiger partial charge in [0, 0.05) is 13.2 Å². The van der Waals surface area contributed by atoms with E-state index in [9.17, 15) is 0 Å². The molecule has 0 aromatic carbocycles. The fraction of sp³-hybridized carbons (Fsp3) is 1.00. The van der Waals surface area contributed by atoms with E-state index in [2.05, 4.69) is 47.0 Å². The van der Waals surface area contributed by atoms with Crippen molar-refractivity contribution in [3.63, 3.8) is 0 Å². The van der Waals surface area contributed by atoms with Crippen molar-refractivity contribution in [3.05, 3.63) is 0 Å². The van der Waals surface area contributed by atoms with E-state index in [4.69, 9.17) is 13.3 Å². The molecule has 0 saturated carbocycles. The van der Waals surface area contributed by atoms with E-state index in [0.717, 1.165) is 19.3 Å². The lowest BCUT2D eigenvalue weighted by molar-refractivity contribution is 0.0673. The Morgan fingerprint density at radius 1 is 0.882 bits per heavy atom. The van der Waals surface area contributed by atoms with Crippen LogP contribution in [0.25, 0.3) is 0 Å². The fourth-order valence-electron chi connectivity index (χ4n) is 2.55. The molecule has 0 saturated heterocycles. The molecular weight excluding hydrogens is 248 g/mol. The Kier molecular flexibility index (Phi) is 6.59. The Morgan fingerprint density at radius 3 is 1.76 bits per heavy atom. The topological polar surface area (TPSA) is 27.7 Å². The SMILES string of the molecule is CCO[Si](C)(C)CC(C)(C)O[Si](C)(C)OCC. The molecule has 0 aromatic heterocycles. The van der Waals surface area contributed by atoms with Crippen molar-refractivity contribution < 1.29 is 13.3 Å². The van der Waals surface area contributed by atoms with Gasteiger partial charge in [-0.2, -0.15) is 0 Å². The summed E-state index contributed by atoms with van der Waals surface area (Å²) in [5.74, 6) is 0. The minimum absolute atomic E-state index is 0.157. The molecule has 0 N–H and O–H groups in total. The molecule has 3 nitrogen and oxygen atoms in total. The number of hydrogen-bond donors (Lipinski definition) is 0. The predicted molar refractivity (Wildman–Crippen MR) is 78.2 cm³/mol. The Bertz CT molecular complexity index is 206. The van der Waals surface area contributed by atoms with Gasteiger partial charge in [0.1, 0.15) is 0 Å². The lowest BCUT2D eigenvalue weighted by Crippen LogP contribution is -2.48. The normalized spacial score (nSPS) is 14.1. The highest BCUT2D eigenvalue weighted by Gasteiger charge is 2.38. The summed E-state index contributed by atoms with van der Waals surface area (Å²) in [4.78, 5) is 0. The first kappa shape index (κ1) is 17.3. The second kappa shape index (κ2) is 6.47. The second-order valence-corrected chi connectivity index (χ2v) is 13.5. The number of hydrogen-bond acceptors (Lipinski definition) is 3. The molecule has 0 spiro atoms. The standard InChI is InChI=1S/C12H30O3Si2/c1-9-13-16(5,6)11-12(3,4)15-17(7,8)14-10-2/h9-11H2,1-8H3. The van der Waals surface area contributed by atoms with Crippen LogP contribution in [-0.2, 0) is 13.3 Å². The largest absolute Gasteiger partial charge is 0.418 e. The van der Waals surface area contributed by atoms with Crippen molar-refractivity contribution in [2.24, 2.45) is 0 Å². The monoisotopic (exact) mass is 278 g/mol. The second-order valence-electron chi connectivity index (χ2n) is 6.06. The van der Waals surface area contributed by atoms with Crippen molar-refractivity contribution in [1.29, 1.82) is 0 Å². The van der Waals surface area contributed by atoms with Gasteiger partial charge in [0.15, 0.2) is 8.32 Å². The molecular formula is C12H30O3Si2. The van der Waals surface area contributed by atoms with Crippen LogP contribution in [0.15, 0.2) is 0 Å². The van der Waals surface area contributed by atoms with Gasteiger partial charge in [-0.15, -0.1) is 0 Å². The highest BCUT2D eigenvalue weighted by Crippen LogP contribution is 2.28. The van der Waals surface area contributed by atoms with E-state index in [1.165, 1.54) is 0 Å². The summed E-state index contributed by atoms with van der Waals surface area (Å²) >= 11 is 0. The molecule has 0 aliphatic rings. The first-order valence-corrected chi connectivity index (χ1v) is 12.4. The summed E-state index contributed by atoms with van der Waals surface area (Å²) in [5.41, 5.74) is -0.157. The minimum Gasteiger partial charge on any atom is -0.418 e. The molecule has 0 heterocycles. The van der Waals surface area contributed by atoms with Crippen LogP contribution < -0.4 is 0 Å². The summed E-state index contributed by atoms with van der Waals surface area (Å²) in [5, 5.41) is 0. The van der Waals surface area contributed by atoms with E-state index in [-0.39, 0.29) is 5.60 Å². The smallest absolute Gasteiger partial charge is 0.332 e. The van der Waals surface area contributed by atoms with Crippen molar-refractivity contribution >= 4 is 16.9 Å². The van der Waals surface area contributed by atoms with Gasteiger partial charge in [0.05, 0.1) is 5.60 Å². The van der Waals surface area contributed by atoms with Crippen LogP contribution in [0.3, 0.4) is 0 Å². The van der Waals surface area contributed by atoms with Crippen molar-refractivity contribution in [2.75, 3.05) is 13.2 Å². The number of rotatable bonds is 8. The summed E-state index contributed by atoms with van der Waals surface area (Å²) in [6.45, 7) is 18.6. The van der Waals surface area contributed by atoms with Gasteiger partial charge in [-0.3, -0.25) is 0 Å². The average Bonchev–Trinajstić information content (AvgIpc) is 1.96. The third-order valence-electron chi connectivity index (χ3n) is 2.40. The predicted octanol–water partition coefficient (Wildman–Crippen LogP) is 3.76. The molecule has 0 unspecified atom stereocenters. The van der Waals surface area contributed by atoms with Crippen molar-refractivity contribution in [1.82, 2.24) is 0 Å². The van der Waals surface area contributed by atoms with Crippen molar-refractivity contribution in [2.45, 2.75) is 65.5 Å². The van der Waals surface area contributed by atoms with Gasteiger partial charge < -0.3 is 13.3 Å². The van der Waals surface area contributed by atoms with Gasteiger partial charge in [-0.05, 0) is 59.9 Å². The van der Waals surface area contributed by atoms with Crippen LogP contribution in [0.1, 0.15) is 27.7 Å². The first-order chi connectivity index (χ1) is 7.54. The molecule has 0 bridgehead atoms. The van der Waals surface area contributed by atoms with Gasteiger partial charge in [-0.25, -0.2) is 0 Å². The van der Waals surface area contributed by atoms with Crippen LogP contribution in [0.2, 0.25) is 32.2 Å². The van der Waals surface area contributed by atoms with Gasteiger partial charge >= 0.3 is 8.56 Å². The summed E-state index contributed by atoms with van der Waals surface area (Å²) in [6.07, 6.45) is 0. The molecule has 0 radical (unpaired) electrons. The van der Waals surface area contributed by atoms with Crippen LogP contribution in [0.4, 0.5) is 0 Å². The van der Waals surface area contributed by atoms with Gasteiger partial charge in [-0.1, -0.05) is 0 Å². The van der Waals surface area contributed by atoms with Crippen LogP contribution in [0, 0.1) is 0 Å². The summed E-state index contributed by atoms with van der Waals surface area (Å²) in [7, 11) is -3.61. The fourth-order valence-corrected chi connectivity index (χ4v) is 7.85. The van der Waals surface area contributed by atoms with Crippen molar-refractivity contribution in [3.8, 4) is 0 Å². The molecule has 17 heavy (non-hydrogen) atoms. The maximum Gasteiger partial charge on any atom is 0.332 e. The quantitative estimate of drug-likeness (QED) is 0.633. The molecule has 0 aliphatic heterocycles. The zero-order valence-electron chi connectivity index (χ0n) is 12.8. The first-order valence-electron chi connectivity index (χ1n) is 6.52. The summed E-state index contributed by atoms with van der Waals surface area (Å²) in [6, 6.07) is 0.997. The van der Waals surface area contributed by atoms with E-state index < -0.39 is 16.9 Å². The highest BCUT2D eigenvalue weighted by molar-refractivity contribution is 6.71. The van der Waals surface area contributed by atoms with E-state index >= 15 is 0 Å². The minimum atomic E-state index is -1.99. The molecule has 0 atom stereocenters. The zero-order chi connectivity index (χ0) is 13.7. The molecule has 0 fully saturated rings. The van der Waals surface area contributed by atoms with Crippen LogP contribution >= 0.6 is 0 Å². The molecule has 0 aliphatic carbocycles. The summed E-state index contributed by atoms with van der Waals surface area (Å²) < 4.78 is 17.8. The highest BCUT2D eigenvalue weighted by atomic mass is 28.4. The lowest BCUT2D eigenvalue weighted by atomic mass is 10.2. The molecule has 0 amide bonds. The van der Waals surface area contributed by atoms with Crippen LogP contribution in [-0.4, -0.2) is 35.7 Å². The lowest BCUT2D eigenvalue weighted by Gasteiger charge is -2.38.